The molecular weight excluding hydrogens is 235 g/mol. The van der Waals surface area contributed by atoms with Gasteiger partial charge in [-0.2, -0.15) is 0 Å². The van der Waals surface area contributed by atoms with E-state index in [1.807, 2.05) is 0 Å². The summed E-state index contributed by atoms with van der Waals surface area (Å²) in [5.74, 6) is 0. The molecule has 0 saturated carbocycles. The van der Waals surface area contributed by atoms with Gasteiger partial charge in [0.15, 0.2) is 0 Å². The van der Waals surface area contributed by atoms with Crippen molar-refractivity contribution >= 4 is 16.6 Å². The molecule has 0 atom stereocenters. The largest absolute Gasteiger partial charge is 0.506 e. The summed E-state index contributed by atoms with van der Waals surface area (Å²) in [6.07, 6.45) is 2.42. The summed E-state index contributed by atoms with van der Waals surface area (Å²) in [5.41, 5.74) is 1.16. The van der Waals surface area contributed by atoms with Gasteiger partial charge in [-0.05, 0) is 34.5 Å². The lowest BCUT2D eigenvalue weighted by molar-refractivity contribution is -0.130. The summed E-state index contributed by atoms with van der Waals surface area (Å²) in [6, 6.07) is 0. The molecule has 0 aliphatic rings. The third-order valence-corrected chi connectivity index (χ3v) is 5.15. The molecule has 0 aromatic carbocycles. The third-order valence-electron chi connectivity index (χ3n) is 4.74. The molecule has 0 heterocycles. The zero-order valence-corrected chi connectivity index (χ0v) is 16.5. The minimum atomic E-state index is 0.286. The zero-order valence-electron chi connectivity index (χ0n) is 14.5. The Labute approximate surface area is 124 Å². The maximum absolute atomic E-state index is 5.41. The topological polar surface area (TPSA) is 9.23 Å². The summed E-state index contributed by atoms with van der Waals surface area (Å²) >= 11 is 0.858. The summed E-state index contributed by atoms with van der Waals surface area (Å²) in [6.45, 7) is 22.6. The van der Waals surface area contributed by atoms with Gasteiger partial charge in [-0.3, -0.25) is 0 Å². The van der Waals surface area contributed by atoms with Crippen molar-refractivity contribution in [2.75, 3.05) is 6.61 Å². The van der Waals surface area contributed by atoms with Crippen LogP contribution in [0.4, 0.5) is 0 Å². The van der Waals surface area contributed by atoms with E-state index in [0.717, 1.165) is 23.2 Å². The van der Waals surface area contributed by atoms with Gasteiger partial charge >= 0.3 is 16.6 Å². The molecule has 18 heavy (non-hydrogen) atoms. The zero-order chi connectivity index (χ0) is 14.8. The first kappa shape index (κ1) is 18.5. The first-order chi connectivity index (χ1) is 7.81. The van der Waals surface area contributed by atoms with Crippen LogP contribution in [-0.4, -0.2) is 23.2 Å². The van der Waals surface area contributed by atoms with Crippen molar-refractivity contribution in [3.05, 3.63) is 0 Å². The van der Waals surface area contributed by atoms with Crippen LogP contribution in [0, 0.1) is 21.7 Å². The highest BCUT2D eigenvalue weighted by atomic mass is 27.1. The lowest BCUT2D eigenvalue weighted by atomic mass is 9.43. The molecular formula is C16H35AlO. The summed E-state index contributed by atoms with van der Waals surface area (Å²) in [7, 11) is 0. The van der Waals surface area contributed by atoms with Gasteiger partial charge in [0.25, 0.3) is 0 Å². The molecule has 0 aromatic rings. The molecule has 0 bridgehead atoms. The Morgan fingerprint density at radius 3 is 1.28 bits per heavy atom. The average molecular weight is 270 g/mol. The van der Waals surface area contributed by atoms with Crippen LogP contribution in [0.1, 0.15) is 75.2 Å². The molecule has 0 N–H and O–H groups in total. The van der Waals surface area contributed by atoms with Gasteiger partial charge in [0.2, 0.25) is 0 Å². The first-order valence-corrected chi connectivity index (χ1v) is 8.12. The van der Waals surface area contributed by atoms with Crippen molar-refractivity contribution in [3.63, 3.8) is 0 Å². The van der Waals surface area contributed by atoms with E-state index >= 15 is 0 Å². The van der Waals surface area contributed by atoms with Crippen molar-refractivity contribution in [3.8, 4) is 0 Å². The predicted molar refractivity (Wildman–Crippen MR) is 84.5 cm³/mol. The van der Waals surface area contributed by atoms with E-state index in [9.17, 15) is 0 Å². The second-order valence-electron chi connectivity index (χ2n) is 8.75. The average Bonchev–Trinajstić information content (AvgIpc) is 2.05. The van der Waals surface area contributed by atoms with E-state index in [-0.39, 0.29) is 16.2 Å². The van der Waals surface area contributed by atoms with Gasteiger partial charge in [-0.15, -0.1) is 0 Å². The van der Waals surface area contributed by atoms with Crippen molar-refractivity contribution in [2.24, 2.45) is 21.7 Å². The van der Waals surface area contributed by atoms with Crippen LogP contribution in [-0.2, 0) is 3.79 Å². The minimum Gasteiger partial charge on any atom is -0.506 e. The minimum absolute atomic E-state index is 0.286. The Balaban J connectivity index is 5.61. The van der Waals surface area contributed by atoms with E-state index in [1.54, 1.807) is 0 Å². The summed E-state index contributed by atoms with van der Waals surface area (Å²) < 4.78 is 5.41. The Kier molecular flexibility index (Phi) is 6.02. The second-order valence-corrected chi connectivity index (χ2v) is 9.33. The molecule has 0 spiro atoms. The van der Waals surface area contributed by atoms with Crippen LogP contribution in [0.25, 0.3) is 0 Å². The van der Waals surface area contributed by atoms with Crippen molar-refractivity contribution in [2.45, 2.75) is 75.2 Å². The smallest absolute Gasteiger partial charge is 0.410 e. The van der Waals surface area contributed by atoms with Crippen molar-refractivity contribution in [1.29, 1.82) is 0 Å². The number of hydrogen-bond donors (Lipinski definition) is 0. The van der Waals surface area contributed by atoms with Crippen LogP contribution in [0.15, 0.2) is 0 Å². The summed E-state index contributed by atoms with van der Waals surface area (Å²) in [5, 5.41) is 0. The number of hydrogen-bond acceptors (Lipinski definition) is 1. The Morgan fingerprint density at radius 1 is 0.722 bits per heavy atom. The maximum Gasteiger partial charge on any atom is 0.410 e. The molecule has 2 heteroatoms. The maximum atomic E-state index is 5.41. The van der Waals surface area contributed by atoms with Crippen molar-refractivity contribution in [1.82, 2.24) is 0 Å². The molecule has 108 valence electrons. The Hall–Kier alpha value is 0.492. The Morgan fingerprint density at radius 2 is 1.06 bits per heavy atom. The van der Waals surface area contributed by atoms with Crippen LogP contribution >= 0.6 is 0 Å². The van der Waals surface area contributed by atoms with Crippen LogP contribution in [0.2, 0.25) is 0 Å². The molecule has 0 radical (unpaired) electrons. The SMILES string of the molecule is CC(C)(C)C(CCC[O][AlH2])(C(C)(C)C)C(C)(C)C. The van der Waals surface area contributed by atoms with E-state index < -0.39 is 0 Å². The van der Waals surface area contributed by atoms with Gasteiger partial charge < -0.3 is 3.79 Å². The first-order valence-electron chi connectivity index (χ1n) is 7.30. The molecule has 0 saturated heterocycles. The molecule has 1 nitrogen and oxygen atoms in total. The fourth-order valence-corrected chi connectivity index (χ4v) is 5.27. The summed E-state index contributed by atoms with van der Waals surface area (Å²) in [4.78, 5) is 0. The molecule has 0 unspecified atom stereocenters. The fraction of sp³-hybridized carbons (Fsp3) is 1.00. The molecule has 0 aliphatic carbocycles. The Bertz CT molecular complexity index is 214. The highest BCUT2D eigenvalue weighted by Crippen LogP contribution is 2.63. The van der Waals surface area contributed by atoms with E-state index in [4.69, 9.17) is 3.79 Å². The van der Waals surface area contributed by atoms with Gasteiger partial charge in [0, 0.05) is 6.61 Å². The quantitative estimate of drug-likeness (QED) is 0.541. The van der Waals surface area contributed by atoms with Crippen LogP contribution in [0.3, 0.4) is 0 Å². The van der Waals surface area contributed by atoms with Gasteiger partial charge in [-0.25, -0.2) is 0 Å². The normalized spacial score (nSPS) is 14.9. The molecule has 0 aliphatic heterocycles. The number of rotatable bonds is 4. The second kappa shape index (κ2) is 5.86. The van der Waals surface area contributed by atoms with E-state index in [0.29, 0.717) is 5.41 Å². The van der Waals surface area contributed by atoms with Crippen LogP contribution < -0.4 is 0 Å². The van der Waals surface area contributed by atoms with Gasteiger partial charge in [-0.1, -0.05) is 62.3 Å². The highest BCUT2D eigenvalue weighted by Gasteiger charge is 2.56. The van der Waals surface area contributed by atoms with Gasteiger partial charge in [0.05, 0.1) is 0 Å². The molecule has 0 fully saturated rings. The fourth-order valence-electron chi connectivity index (χ4n) is 4.98. The predicted octanol–water partition coefficient (Wildman–Crippen LogP) is 4.46. The molecule has 0 aromatic heterocycles. The van der Waals surface area contributed by atoms with Gasteiger partial charge in [0.1, 0.15) is 0 Å². The lowest BCUT2D eigenvalue weighted by Crippen LogP contribution is -2.54. The monoisotopic (exact) mass is 270 g/mol. The van der Waals surface area contributed by atoms with E-state index in [2.05, 4.69) is 62.3 Å². The third kappa shape index (κ3) is 3.53. The van der Waals surface area contributed by atoms with E-state index in [1.165, 1.54) is 12.8 Å². The lowest BCUT2D eigenvalue weighted by Gasteiger charge is -2.61. The molecule has 0 amide bonds. The standard InChI is InChI=1S/C16H33O.Al.2H/c1-13(2,3)16(11-10-12-17,14(4,5)6)15(7,8)9;;;/h10-12H2,1-9H3;;;/q-1;+1;;. The highest BCUT2D eigenvalue weighted by molar-refractivity contribution is 5.97. The van der Waals surface area contributed by atoms with Crippen LogP contribution in [0.5, 0.6) is 0 Å². The van der Waals surface area contributed by atoms with Crippen molar-refractivity contribution < 1.29 is 3.79 Å². The molecule has 0 rings (SSSR count).